The maximum atomic E-state index is 13.0. The second-order valence-electron chi connectivity index (χ2n) is 7.34. The maximum absolute atomic E-state index is 13.0. The lowest BCUT2D eigenvalue weighted by molar-refractivity contribution is 0.0890. The highest BCUT2D eigenvalue weighted by atomic mass is 16.5. The molecule has 1 aliphatic rings. The molecule has 7 heteroatoms. The van der Waals surface area contributed by atoms with Crippen molar-refractivity contribution in [2.24, 2.45) is 0 Å². The van der Waals surface area contributed by atoms with Gasteiger partial charge in [-0.25, -0.2) is 0 Å². The summed E-state index contributed by atoms with van der Waals surface area (Å²) >= 11 is 0. The lowest BCUT2D eigenvalue weighted by Crippen LogP contribution is -2.27. The van der Waals surface area contributed by atoms with Crippen molar-refractivity contribution in [3.05, 3.63) is 47.0 Å². The monoisotopic (exact) mass is 412 g/mol. The number of hydrogen-bond donors (Lipinski definition) is 1. The van der Waals surface area contributed by atoms with E-state index in [2.05, 4.69) is 0 Å². The van der Waals surface area contributed by atoms with Crippen molar-refractivity contribution in [1.82, 2.24) is 0 Å². The summed E-state index contributed by atoms with van der Waals surface area (Å²) in [5, 5.41) is 10.8. The molecule has 0 fully saturated rings. The van der Waals surface area contributed by atoms with Crippen LogP contribution in [0.5, 0.6) is 28.7 Å². The van der Waals surface area contributed by atoms with Crippen molar-refractivity contribution in [2.75, 3.05) is 21.3 Å². The van der Waals surface area contributed by atoms with Crippen molar-refractivity contribution in [2.45, 2.75) is 25.9 Å². The Morgan fingerprint density at radius 2 is 1.70 bits per heavy atom. The number of phenols is 1. The van der Waals surface area contributed by atoms with Crippen LogP contribution in [0.4, 0.5) is 0 Å². The number of aromatic hydroxyl groups is 1. The Bertz CT molecular complexity index is 1030. The number of rotatable bonds is 7. The van der Waals surface area contributed by atoms with Gasteiger partial charge in [-0.2, -0.15) is 0 Å². The summed E-state index contributed by atoms with van der Waals surface area (Å²) in [7, 11) is 4.32. The number of fused-ring (bicyclic) bond motifs is 1. The number of ether oxygens (including phenoxy) is 4. The molecule has 1 aliphatic heterocycles. The Morgan fingerprint density at radius 1 is 1.00 bits per heavy atom. The van der Waals surface area contributed by atoms with Crippen molar-refractivity contribution >= 4 is 17.6 Å². The van der Waals surface area contributed by atoms with E-state index in [1.165, 1.54) is 27.4 Å². The van der Waals surface area contributed by atoms with Crippen molar-refractivity contribution in [3.8, 4) is 28.7 Å². The van der Waals surface area contributed by atoms with E-state index in [-0.39, 0.29) is 22.6 Å². The first-order valence-corrected chi connectivity index (χ1v) is 9.31. The number of hydrogen-bond acceptors (Lipinski definition) is 7. The van der Waals surface area contributed by atoms with E-state index in [0.717, 1.165) is 0 Å². The molecular formula is C23H24O7. The van der Waals surface area contributed by atoms with Gasteiger partial charge >= 0.3 is 0 Å². The van der Waals surface area contributed by atoms with E-state index in [0.29, 0.717) is 22.8 Å². The minimum Gasteiger partial charge on any atom is -0.506 e. The fourth-order valence-corrected chi connectivity index (χ4v) is 3.27. The molecule has 0 aliphatic carbocycles. The lowest BCUT2D eigenvalue weighted by atomic mass is 9.94. The second kappa shape index (κ2) is 8.10. The number of carbonyl (C=O) groups excluding carboxylic acids is 2. The summed E-state index contributed by atoms with van der Waals surface area (Å²) in [5.74, 6) is 0.0506. The first-order chi connectivity index (χ1) is 14.2. The third kappa shape index (κ3) is 3.96. The van der Waals surface area contributed by atoms with Gasteiger partial charge < -0.3 is 24.1 Å². The molecule has 0 saturated carbocycles. The largest absolute Gasteiger partial charge is 0.506 e. The summed E-state index contributed by atoms with van der Waals surface area (Å²) in [6.45, 7) is 3.74. The van der Waals surface area contributed by atoms with Crippen molar-refractivity contribution < 1.29 is 33.6 Å². The minimum atomic E-state index is -0.576. The Morgan fingerprint density at radius 3 is 2.33 bits per heavy atom. The molecule has 0 bridgehead atoms. The molecule has 0 unspecified atom stereocenters. The molecule has 2 aromatic rings. The normalized spacial score (nSPS) is 13.8. The molecule has 0 radical (unpaired) electrons. The molecule has 7 nitrogen and oxygen atoms in total. The van der Waals surface area contributed by atoms with Crippen LogP contribution < -0.4 is 18.9 Å². The summed E-state index contributed by atoms with van der Waals surface area (Å²) in [4.78, 5) is 25.8. The molecule has 0 saturated heterocycles. The summed E-state index contributed by atoms with van der Waals surface area (Å²) in [6.07, 6.45) is 3.00. The van der Waals surface area contributed by atoms with Gasteiger partial charge in [0.05, 0.1) is 38.9 Å². The van der Waals surface area contributed by atoms with Gasteiger partial charge in [-0.3, -0.25) is 9.59 Å². The predicted octanol–water partition coefficient (Wildman–Crippen LogP) is 4.06. The van der Waals surface area contributed by atoms with Gasteiger partial charge in [0.15, 0.2) is 11.6 Å². The predicted molar refractivity (Wildman–Crippen MR) is 111 cm³/mol. The number of ketones is 2. The van der Waals surface area contributed by atoms with Gasteiger partial charge in [0.25, 0.3) is 0 Å². The number of phenolic OH excluding ortho intramolecular Hbond substituents is 1. The van der Waals surface area contributed by atoms with Gasteiger partial charge in [-0.15, -0.1) is 0 Å². The first kappa shape index (κ1) is 21.2. The standard InChI is InChI=1S/C23H24O7/c1-23(2)9-8-15-19(30-23)12-20(29-5)21(22(15)26)17(25)11-16(24)14-7-6-13(27-3)10-18(14)28-4/h6-10,12,26H,11H2,1-5H3. The zero-order chi connectivity index (χ0) is 22.1. The Kier molecular flexibility index (Phi) is 5.73. The quantitative estimate of drug-likeness (QED) is 0.542. The van der Waals surface area contributed by atoms with E-state index in [1.807, 2.05) is 13.8 Å². The van der Waals surface area contributed by atoms with Gasteiger partial charge in [-0.05, 0) is 38.1 Å². The third-order valence-electron chi connectivity index (χ3n) is 4.82. The van der Waals surface area contributed by atoms with Crippen LogP contribution in [0.2, 0.25) is 0 Å². The molecular weight excluding hydrogens is 388 g/mol. The van der Waals surface area contributed by atoms with Crippen LogP contribution in [0, 0.1) is 0 Å². The average Bonchev–Trinajstić information content (AvgIpc) is 2.71. The van der Waals surface area contributed by atoms with Crippen LogP contribution in [-0.2, 0) is 0 Å². The lowest BCUT2D eigenvalue weighted by Gasteiger charge is -2.29. The van der Waals surface area contributed by atoms with Crippen LogP contribution in [0.3, 0.4) is 0 Å². The Hall–Kier alpha value is -3.48. The van der Waals surface area contributed by atoms with Gasteiger partial charge in [0, 0.05) is 12.1 Å². The number of Topliss-reactive ketones (excluding diaryl/α,β-unsaturated/α-hetero) is 2. The maximum Gasteiger partial charge on any atom is 0.178 e. The highest BCUT2D eigenvalue weighted by molar-refractivity contribution is 6.16. The van der Waals surface area contributed by atoms with Crippen molar-refractivity contribution in [3.63, 3.8) is 0 Å². The van der Waals surface area contributed by atoms with E-state index >= 15 is 0 Å². The van der Waals surface area contributed by atoms with Gasteiger partial charge in [0.1, 0.15) is 39.9 Å². The topological polar surface area (TPSA) is 91.3 Å². The molecule has 3 rings (SSSR count). The van der Waals surface area contributed by atoms with E-state index in [9.17, 15) is 14.7 Å². The van der Waals surface area contributed by atoms with E-state index in [4.69, 9.17) is 18.9 Å². The number of carbonyl (C=O) groups is 2. The highest BCUT2D eigenvalue weighted by Gasteiger charge is 2.30. The summed E-state index contributed by atoms with van der Waals surface area (Å²) in [6, 6.07) is 6.27. The van der Waals surface area contributed by atoms with Crippen molar-refractivity contribution in [1.29, 1.82) is 0 Å². The fraction of sp³-hybridized carbons (Fsp3) is 0.304. The molecule has 2 aromatic carbocycles. The average molecular weight is 412 g/mol. The summed E-state index contributed by atoms with van der Waals surface area (Å²) < 4.78 is 21.5. The van der Waals surface area contributed by atoms with Crippen LogP contribution in [-0.4, -0.2) is 43.6 Å². The zero-order valence-electron chi connectivity index (χ0n) is 17.6. The third-order valence-corrected chi connectivity index (χ3v) is 4.82. The number of benzene rings is 2. The van der Waals surface area contributed by atoms with Crippen LogP contribution in [0.25, 0.3) is 6.08 Å². The van der Waals surface area contributed by atoms with Gasteiger partial charge in [-0.1, -0.05) is 0 Å². The molecule has 1 N–H and O–H groups in total. The Balaban J connectivity index is 1.95. The van der Waals surface area contributed by atoms with E-state index in [1.54, 1.807) is 30.4 Å². The highest BCUT2D eigenvalue weighted by Crippen LogP contribution is 2.43. The van der Waals surface area contributed by atoms with Crippen LogP contribution in [0.15, 0.2) is 30.3 Å². The van der Waals surface area contributed by atoms with Crippen LogP contribution in [0.1, 0.15) is 46.5 Å². The van der Waals surface area contributed by atoms with E-state index < -0.39 is 23.6 Å². The smallest absolute Gasteiger partial charge is 0.178 e. The first-order valence-electron chi connectivity index (χ1n) is 9.31. The second-order valence-corrected chi connectivity index (χ2v) is 7.34. The van der Waals surface area contributed by atoms with Gasteiger partial charge in [0.2, 0.25) is 0 Å². The zero-order valence-corrected chi connectivity index (χ0v) is 17.6. The van der Waals surface area contributed by atoms with Crippen LogP contribution >= 0.6 is 0 Å². The molecule has 30 heavy (non-hydrogen) atoms. The summed E-state index contributed by atoms with van der Waals surface area (Å²) in [5.41, 5.74) is -0.0114. The minimum absolute atomic E-state index is 0.0648. The molecule has 158 valence electrons. The number of methoxy groups -OCH3 is 3. The SMILES string of the molecule is COc1ccc(C(=O)CC(=O)c2c(OC)cc3c(c2O)C=CC(C)(C)O3)c(OC)c1. The fourth-order valence-electron chi connectivity index (χ4n) is 3.27. The molecule has 0 aromatic heterocycles. The molecule has 1 heterocycles. The molecule has 0 amide bonds. The Labute approximate surface area is 174 Å². The molecule has 0 spiro atoms. The molecule has 0 atom stereocenters.